The Labute approximate surface area is 153 Å². The summed E-state index contributed by atoms with van der Waals surface area (Å²) in [5.74, 6) is 2.97. The number of carbonyl (C=O) groups excluding carboxylic acids is 1. The van der Waals surface area contributed by atoms with Crippen LogP contribution < -0.4 is 20.7 Å². The molecule has 0 bridgehead atoms. The van der Waals surface area contributed by atoms with Crippen molar-refractivity contribution in [3.05, 3.63) is 41.7 Å². The molecular formula is C19H25N5O2. The lowest BCUT2D eigenvalue weighted by atomic mass is 10.0. The molecule has 0 spiro atoms. The van der Waals surface area contributed by atoms with Crippen molar-refractivity contribution in [3.8, 4) is 5.75 Å². The van der Waals surface area contributed by atoms with Crippen molar-refractivity contribution in [1.29, 1.82) is 0 Å². The average Bonchev–Trinajstić information content (AvgIpc) is 2.64. The molecule has 0 radical (unpaired) electrons. The third-order valence-electron chi connectivity index (χ3n) is 4.14. The van der Waals surface area contributed by atoms with E-state index < -0.39 is 6.10 Å². The zero-order valence-corrected chi connectivity index (χ0v) is 15.2. The van der Waals surface area contributed by atoms with E-state index in [0.717, 1.165) is 35.9 Å². The minimum Gasteiger partial charge on any atom is -0.480 e. The molecule has 7 heteroatoms. The second kappa shape index (κ2) is 8.51. The van der Waals surface area contributed by atoms with Gasteiger partial charge in [0.1, 0.15) is 23.2 Å². The monoisotopic (exact) mass is 355 g/mol. The number of para-hydroxylation sites is 1. The van der Waals surface area contributed by atoms with Crippen LogP contribution in [0.5, 0.6) is 5.75 Å². The Morgan fingerprint density at radius 1 is 1.19 bits per heavy atom. The summed E-state index contributed by atoms with van der Waals surface area (Å²) in [7, 11) is 0. The van der Waals surface area contributed by atoms with E-state index >= 15 is 0 Å². The number of fused-ring (bicyclic) bond motifs is 1. The molecule has 1 amide bonds. The van der Waals surface area contributed by atoms with Crippen LogP contribution in [0, 0.1) is 6.92 Å². The molecule has 3 N–H and O–H groups in total. The van der Waals surface area contributed by atoms with Crippen LogP contribution >= 0.6 is 0 Å². The molecule has 26 heavy (non-hydrogen) atoms. The highest BCUT2D eigenvalue weighted by atomic mass is 16.5. The zero-order chi connectivity index (χ0) is 18.4. The molecule has 2 heterocycles. The van der Waals surface area contributed by atoms with Gasteiger partial charge in [0.25, 0.3) is 5.91 Å². The highest BCUT2D eigenvalue weighted by Crippen LogP contribution is 2.26. The van der Waals surface area contributed by atoms with Gasteiger partial charge in [-0.05, 0) is 38.3 Å². The largest absolute Gasteiger partial charge is 0.480 e. The number of ether oxygens (including phenoxy) is 1. The molecule has 1 aromatic carbocycles. The third kappa shape index (κ3) is 4.62. The van der Waals surface area contributed by atoms with Crippen molar-refractivity contribution in [2.75, 3.05) is 30.3 Å². The lowest BCUT2D eigenvalue weighted by Gasteiger charge is -2.25. The molecule has 0 aliphatic carbocycles. The fraction of sp³-hybridized carbons (Fsp3) is 0.421. The minimum atomic E-state index is -0.424. The number of anilines is 2. The van der Waals surface area contributed by atoms with Crippen LogP contribution in [0.2, 0.25) is 0 Å². The van der Waals surface area contributed by atoms with E-state index in [1.165, 1.54) is 0 Å². The Hall–Kier alpha value is -2.83. The lowest BCUT2D eigenvalue weighted by molar-refractivity contribution is -0.128. The number of aryl methyl sites for hydroxylation is 2. The number of rotatable bonds is 7. The van der Waals surface area contributed by atoms with Gasteiger partial charge in [0, 0.05) is 25.7 Å². The fourth-order valence-electron chi connectivity index (χ4n) is 2.93. The SMILES string of the molecule is CCNc1cc(NCCNC(=O)C2CCc3ccccc3O2)nc(C)n1. The van der Waals surface area contributed by atoms with Crippen LogP contribution in [0.4, 0.5) is 11.6 Å². The Bertz CT molecular complexity index is 765. The Morgan fingerprint density at radius 3 is 2.77 bits per heavy atom. The van der Waals surface area contributed by atoms with E-state index in [0.29, 0.717) is 25.3 Å². The van der Waals surface area contributed by atoms with E-state index in [4.69, 9.17) is 4.74 Å². The second-order valence-electron chi connectivity index (χ2n) is 6.19. The van der Waals surface area contributed by atoms with Crippen molar-refractivity contribution in [3.63, 3.8) is 0 Å². The first-order valence-electron chi connectivity index (χ1n) is 9.01. The highest BCUT2D eigenvalue weighted by Gasteiger charge is 2.25. The maximum atomic E-state index is 12.3. The van der Waals surface area contributed by atoms with E-state index in [1.54, 1.807) is 0 Å². The van der Waals surface area contributed by atoms with Crippen LogP contribution in [-0.2, 0) is 11.2 Å². The number of benzene rings is 1. The van der Waals surface area contributed by atoms with E-state index in [2.05, 4.69) is 25.9 Å². The number of nitrogens with zero attached hydrogens (tertiary/aromatic N) is 2. The first kappa shape index (κ1) is 18.0. The van der Waals surface area contributed by atoms with Crippen LogP contribution in [0.3, 0.4) is 0 Å². The van der Waals surface area contributed by atoms with Gasteiger partial charge >= 0.3 is 0 Å². The lowest BCUT2D eigenvalue weighted by Crippen LogP contribution is -2.42. The van der Waals surface area contributed by atoms with Crippen molar-refractivity contribution in [1.82, 2.24) is 15.3 Å². The highest BCUT2D eigenvalue weighted by molar-refractivity contribution is 5.81. The minimum absolute atomic E-state index is 0.0755. The van der Waals surface area contributed by atoms with Crippen molar-refractivity contribution in [2.24, 2.45) is 0 Å². The van der Waals surface area contributed by atoms with Crippen LogP contribution in [-0.4, -0.2) is 41.6 Å². The van der Waals surface area contributed by atoms with E-state index in [-0.39, 0.29) is 5.91 Å². The number of aromatic nitrogens is 2. The second-order valence-corrected chi connectivity index (χ2v) is 6.19. The smallest absolute Gasteiger partial charge is 0.261 e. The quantitative estimate of drug-likeness (QED) is 0.660. The number of nitrogens with one attached hydrogen (secondary N) is 3. The Balaban J connectivity index is 1.45. The summed E-state index contributed by atoms with van der Waals surface area (Å²) in [6.45, 7) is 5.76. The van der Waals surface area contributed by atoms with E-state index in [1.807, 2.05) is 44.2 Å². The molecule has 138 valence electrons. The van der Waals surface area contributed by atoms with Crippen molar-refractivity contribution in [2.45, 2.75) is 32.8 Å². The molecule has 0 fully saturated rings. The standard InChI is InChI=1S/C19H25N5O2/c1-3-20-17-12-18(24-13(2)23-17)21-10-11-22-19(25)16-9-8-14-6-4-5-7-15(14)26-16/h4-7,12,16H,3,8-11H2,1-2H3,(H,22,25)(H2,20,21,23,24). The molecule has 1 aliphatic rings. The maximum absolute atomic E-state index is 12.3. The molecule has 0 saturated heterocycles. The van der Waals surface area contributed by atoms with Gasteiger partial charge < -0.3 is 20.7 Å². The molecule has 7 nitrogen and oxygen atoms in total. The third-order valence-corrected chi connectivity index (χ3v) is 4.14. The predicted molar refractivity (Wildman–Crippen MR) is 102 cm³/mol. The van der Waals surface area contributed by atoms with Gasteiger partial charge in [-0.2, -0.15) is 0 Å². The summed E-state index contributed by atoms with van der Waals surface area (Å²) < 4.78 is 5.81. The van der Waals surface area contributed by atoms with Gasteiger partial charge in [0.15, 0.2) is 6.10 Å². The molecule has 1 aliphatic heterocycles. The first-order chi connectivity index (χ1) is 12.7. The molecule has 3 rings (SSSR count). The molecular weight excluding hydrogens is 330 g/mol. The normalized spacial score (nSPS) is 15.5. The first-order valence-corrected chi connectivity index (χ1v) is 9.01. The van der Waals surface area contributed by atoms with Gasteiger partial charge in [0.05, 0.1) is 0 Å². The van der Waals surface area contributed by atoms with Crippen LogP contribution in [0.15, 0.2) is 30.3 Å². The van der Waals surface area contributed by atoms with Gasteiger partial charge in [-0.15, -0.1) is 0 Å². The predicted octanol–water partition coefficient (Wildman–Crippen LogP) is 2.14. The average molecular weight is 355 g/mol. The Morgan fingerprint density at radius 2 is 1.96 bits per heavy atom. The summed E-state index contributed by atoms with van der Waals surface area (Å²) in [6, 6.07) is 9.73. The molecule has 2 aromatic rings. The van der Waals surface area contributed by atoms with Gasteiger partial charge in [-0.25, -0.2) is 9.97 Å². The summed E-state index contributed by atoms with van der Waals surface area (Å²) in [5.41, 5.74) is 1.16. The van der Waals surface area contributed by atoms with Gasteiger partial charge in [-0.3, -0.25) is 4.79 Å². The summed E-state index contributed by atoms with van der Waals surface area (Å²) >= 11 is 0. The zero-order valence-electron chi connectivity index (χ0n) is 15.2. The summed E-state index contributed by atoms with van der Waals surface area (Å²) in [5, 5.41) is 9.31. The topological polar surface area (TPSA) is 88.2 Å². The molecule has 0 saturated carbocycles. The van der Waals surface area contributed by atoms with Crippen LogP contribution in [0.25, 0.3) is 0 Å². The van der Waals surface area contributed by atoms with Crippen LogP contribution in [0.1, 0.15) is 24.7 Å². The fourth-order valence-corrected chi connectivity index (χ4v) is 2.93. The Kier molecular flexibility index (Phi) is 5.88. The number of hydrogen-bond acceptors (Lipinski definition) is 6. The van der Waals surface area contributed by atoms with E-state index in [9.17, 15) is 4.79 Å². The van der Waals surface area contributed by atoms with Crippen molar-refractivity contribution >= 4 is 17.5 Å². The van der Waals surface area contributed by atoms with Gasteiger partial charge in [0.2, 0.25) is 0 Å². The molecule has 1 unspecified atom stereocenters. The molecule has 1 atom stereocenters. The number of carbonyl (C=O) groups is 1. The summed E-state index contributed by atoms with van der Waals surface area (Å²) in [6.07, 6.45) is 1.14. The number of hydrogen-bond donors (Lipinski definition) is 3. The van der Waals surface area contributed by atoms with Gasteiger partial charge in [-0.1, -0.05) is 18.2 Å². The number of amides is 1. The maximum Gasteiger partial charge on any atom is 0.261 e. The molecule has 1 aromatic heterocycles. The summed E-state index contributed by atoms with van der Waals surface area (Å²) in [4.78, 5) is 21.0. The van der Waals surface area contributed by atoms with Crippen molar-refractivity contribution < 1.29 is 9.53 Å².